The lowest BCUT2D eigenvalue weighted by atomic mass is 9.94. The van der Waals surface area contributed by atoms with Crippen molar-refractivity contribution in [3.05, 3.63) is 35.4 Å². The quantitative estimate of drug-likeness (QED) is 0.836. The fourth-order valence-corrected chi connectivity index (χ4v) is 1.48. The fraction of sp³-hybridized carbons (Fsp3) is 0.364. The molecule has 0 aliphatic heterocycles. The van der Waals surface area contributed by atoms with E-state index in [1.165, 1.54) is 0 Å². The zero-order valence-electron chi connectivity index (χ0n) is 8.34. The molecule has 0 radical (unpaired) electrons. The van der Waals surface area contributed by atoms with E-state index in [9.17, 15) is 13.6 Å². The minimum atomic E-state index is -1.12. The van der Waals surface area contributed by atoms with Crippen molar-refractivity contribution in [3.63, 3.8) is 0 Å². The van der Waals surface area contributed by atoms with Crippen molar-refractivity contribution in [1.82, 2.24) is 0 Å². The third kappa shape index (κ3) is 2.75. The number of halogens is 2. The van der Waals surface area contributed by atoms with E-state index in [0.717, 1.165) is 18.2 Å². The molecule has 0 heterocycles. The highest BCUT2D eigenvalue weighted by Gasteiger charge is 2.22. The number of carboxylic acids is 1. The average molecular weight is 214 g/mol. The number of hydrogen-bond acceptors (Lipinski definition) is 1. The maximum atomic E-state index is 13.3. The van der Waals surface area contributed by atoms with Gasteiger partial charge in [-0.15, -0.1) is 0 Å². The summed E-state index contributed by atoms with van der Waals surface area (Å²) in [6.45, 7) is 1.80. The first-order chi connectivity index (χ1) is 7.06. The van der Waals surface area contributed by atoms with Gasteiger partial charge in [0, 0.05) is 5.56 Å². The Kier molecular flexibility index (Phi) is 3.77. The standard InChI is InChI=1S/C11H12F2O2/c1-2-3-8(11(14)15)9-6-7(12)4-5-10(9)13/h4-6,8H,2-3H2,1H3,(H,14,15). The normalized spacial score (nSPS) is 12.5. The molecule has 1 atom stereocenters. The van der Waals surface area contributed by atoms with Gasteiger partial charge in [-0.25, -0.2) is 8.78 Å². The van der Waals surface area contributed by atoms with Crippen LogP contribution in [0.25, 0.3) is 0 Å². The van der Waals surface area contributed by atoms with Crippen LogP contribution in [0.5, 0.6) is 0 Å². The molecule has 0 aliphatic rings. The first-order valence-electron chi connectivity index (χ1n) is 4.74. The summed E-state index contributed by atoms with van der Waals surface area (Å²) in [6.07, 6.45) is 0.905. The average Bonchev–Trinajstić information content (AvgIpc) is 2.18. The van der Waals surface area contributed by atoms with Gasteiger partial charge in [0.05, 0.1) is 5.92 Å². The fourth-order valence-electron chi connectivity index (χ4n) is 1.48. The minimum absolute atomic E-state index is 0.0793. The van der Waals surface area contributed by atoms with Gasteiger partial charge in [-0.3, -0.25) is 4.79 Å². The number of carbonyl (C=O) groups is 1. The number of benzene rings is 1. The summed E-state index contributed by atoms with van der Waals surface area (Å²) < 4.78 is 26.1. The van der Waals surface area contributed by atoms with Crippen LogP contribution in [0.3, 0.4) is 0 Å². The highest BCUT2D eigenvalue weighted by atomic mass is 19.1. The first-order valence-corrected chi connectivity index (χ1v) is 4.74. The summed E-state index contributed by atoms with van der Waals surface area (Å²) >= 11 is 0. The lowest BCUT2D eigenvalue weighted by Crippen LogP contribution is -2.13. The van der Waals surface area contributed by atoms with Gasteiger partial charge >= 0.3 is 5.97 Å². The van der Waals surface area contributed by atoms with Crippen molar-refractivity contribution in [1.29, 1.82) is 0 Å². The predicted molar refractivity (Wildman–Crippen MR) is 51.6 cm³/mol. The van der Waals surface area contributed by atoms with Gasteiger partial charge < -0.3 is 5.11 Å². The van der Waals surface area contributed by atoms with Crippen LogP contribution in [0.2, 0.25) is 0 Å². The summed E-state index contributed by atoms with van der Waals surface area (Å²) in [5.74, 6) is -3.38. The molecule has 0 amide bonds. The van der Waals surface area contributed by atoms with E-state index in [-0.39, 0.29) is 5.56 Å². The van der Waals surface area contributed by atoms with Crippen LogP contribution in [0.15, 0.2) is 18.2 Å². The molecule has 2 nitrogen and oxygen atoms in total. The second-order valence-corrected chi connectivity index (χ2v) is 3.35. The summed E-state index contributed by atoms with van der Waals surface area (Å²) in [7, 11) is 0. The molecule has 15 heavy (non-hydrogen) atoms. The van der Waals surface area contributed by atoms with Crippen LogP contribution in [0.4, 0.5) is 8.78 Å². The molecule has 1 unspecified atom stereocenters. The third-order valence-electron chi connectivity index (χ3n) is 2.21. The molecular formula is C11H12F2O2. The van der Waals surface area contributed by atoms with Crippen molar-refractivity contribution >= 4 is 5.97 Å². The molecule has 4 heteroatoms. The van der Waals surface area contributed by atoms with E-state index in [1.54, 1.807) is 6.92 Å². The predicted octanol–water partition coefficient (Wildman–Crippen LogP) is 2.93. The molecule has 1 rings (SSSR count). The van der Waals surface area contributed by atoms with Crippen LogP contribution in [-0.2, 0) is 4.79 Å². The Hall–Kier alpha value is -1.45. The Morgan fingerprint density at radius 2 is 2.13 bits per heavy atom. The molecule has 1 aromatic rings. The van der Waals surface area contributed by atoms with Crippen molar-refractivity contribution in [2.24, 2.45) is 0 Å². The van der Waals surface area contributed by atoms with E-state index in [4.69, 9.17) is 5.11 Å². The Bertz CT molecular complexity index is 364. The van der Waals surface area contributed by atoms with Gasteiger partial charge in [0.2, 0.25) is 0 Å². The molecule has 82 valence electrons. The Morgan fingerprint density at radius 1 is 1.47 bits per heavy atom. The first kappa shape index (κ1) is 11.6. The van der Waals surface area contributed by atoms with Crippen molar-refractivity contribution < 1.29 is 18.7 Å². The molecule has 0 saturated carbocycles. The summed E-state index contributed by atoms with van der Waals surface area (Å²) in [5, 5.41) is 8.88. The molecule has 1 aromatic carbocycles. The van der Waals surface area contributed by atoms with Crippen LogP contribution in [-0.4, -0.2) is 11.1 Å². The summed E-state index contributed by atoms with van der Waals surface area (Å²) in [4.78, 5) is 10.9. The lowest BCUT2D eigenvalue weighted by molar-refractivity contribution is -0.139. The number of hydrogen-bond donors (Lipinski definition) is 1. The van der Waals surface area contributed by atoms with E-state index < -0.39 is 23.5 Å². The van der Waals surface area contributed by atoms with Gasteiger partial charge in [-0.1, -0.05) is 13.3 Å². The molecular weight excluding hydrogens is 202 g/mol. The SMILES string of the molecule is CCCC(C(=O)O)c1cc(F)ccc1F. The molecule has 1 N–H and O–H groups in total. The molecule has 0 aromatic heterocycles. The minimum Gasteiger partial charge on any atom is -0.481 e. The maximum absolute atomic E-state index is 13.3. The number of aliphatic carboxylic acids is 1. The molecule has 0 spiro atoms. The van der Waals surface area contributed by atoms with E-state index in [0.29, 0.717) is 12.8 Å². The Labute approximate surface area is 86.5 Å². The van der Waals surface area contributed by atoms with Gasteiger partial charge in [0.25, 0.3) is 0 Å². The topological polar surface area (TPSA) is 37.3 Å². The zero-order chi connectivity index (χ0) is 11.4. The smallest absolute Gasteiger partial charge is 0.311 e. The second-order valence-electron chi connectivity index (χ2n) is 3.35. The highest BCUT2D eigenvalue weighted by molar-refractivity contribution is 5.76. The largest absolute Gasteiger partial charge is 0.481 e. The van der Waals surface area contributed by atoms with Crippen molar-refractivity contribution in [2.75, 3.05) is 0 Å². The number of carboxylic acid groups (broad SMARTS) is 1. The van der Waals surface area contributed by atoms with Crippen LogP contribution in [0, 0.1) is 11.6 Å². The lowest BCUT2D eigenvalue weighted by Gasteiger charge is -2.12. The van der Waals surface area contributed by atoms with Gasteiger partial charge in [-0.2, -0.15) is 0 Å². The second kappa shape index (κ2) is 4.87. The Balaban J connectivity index is 3.09. The van der Waals surface area contributed by atoms with Gasteiger partial charge in [-0.05, 0) is 24.6 Å². The van der Waals surface area contributed by atoms with Crippen molar-refractivity contribution in [3.8, 4) is 0 Å². The van der Waals surface area contributed by atoms with Crippen LogP contribution in [0.1, 0.15) is 31.2 Å². The van der Waals surface area contributed by atoms with E-state index >= 15 is 0 Å². The Morgan fingerprint density at radius 3 is 2.67 bits per heavy atom. The van der Waals surface area contributed by atoms with Crippen LogP contribution < -0.4 is 0 Å². The van der Waals surface area contributed by atoms with E-state index in [2.05, 4.69) is 0 Å². The zero-order valence-corrected chi connectivity index (χ0v) is 8.34. The van der Waals surface area contributed by atoms with Gasteiger partial charge in [0.15, 0.2) is 0 Å². The van der Waals surface area contributed by atoms with Crippen molar-refractivity contribution in [2.45, 2.75) is 25.7 Å². The number of rotatable bonds is 4. The summed E-state index contributed by atoms with van der Waals surface area (Å²) in [6, 6.07) is 2.88. The highest BCUT2D eigenvalue weighted by Crippen LogP contribution is 2.24. The third-order valence-corrected chi connectivity index (χ3v) is 2.21. The van der Waals surface area contributed by atoms with Gasteiger partial charge in [0.1, 0.15) is 11.6 Å². The van der Waals surface area contributed by atoms with Crippen LogP contribution >= 0.6 is 0 Å². The monoisotopic (exact) mass is 214 g/mol. The maximum Gasteiger partial charge on any atom is 0.311 e. The molecule has 0 saturated heterocycles. The summed E-state index contributed by atoms with van der Waals surface area (Å²) in [5.41, 5.74) is -0.0793. The molecule has 0 aliphatic carbocycles. The molecule has 0 fully saturated rings. The molecule has 0 bridgehead atoms. The van der Waals surface area contributed by atoms with E-state index in [1.807, 2.05) is 0 Å².